The lowest BCUT2D eigenvalue weighted by molar-refractivity contribution is -0.0400. The molecule has 0 N–H and O–H groups in total. The Labute approximate surface area is 178 Å². The summed E-state index contributed by atoms with van der Waals surface area (Å²) in [4.78, 5) is 14.5. The van der Waals surface area contributed by atoms with Crippen LogP contribution in [-0.4, -0.2) is 34.8 Å². The van der Waals surface area contributed by atoms with E-state index in [0.29, 0.717) is 5.56 Å². The van der Waals surface area contributed by atoms with Crippen LogP contribution in [0.1, 0.15) is 52.0 Å². The van der Waals surface area contributed by atoms with Gasteiger partial charge in [-0.05, 0) is 63.6 Å². The number of halogens is 1. The average Bonchev–Trinajstić information content (AvgIpc) is 2.97. The smallest absolute Gasteiger partial charge is 0.410 e. The number of piperidine rings is 1. The van der Waals surface area contributed by atoms with Gasteiger partial charge in [-0.2, -0.15) is 0 Å². The lowest BCUT2D eigenvalue weighted by atomic mass is 9.98. The summed E-state index contributed by atoms with van der Waals surface area (Å²) in [5, 5.41) is 0. The summed E-state index contributed by atoms with van der Waals surface area (Å²) in [6.07, 6.45) is 3.27. The number of nitrogens with zero attached hydrogens (tertiary/aromatic N) is 1. The van der Waals surface area contributed by atoms with Gasteiger partial charge >= 0.3 is 6.09 Å². The van der Waals surface area contributed by atoms with Crippen molar-refractivity contribution < 1.29 is 18.7 Å². The van der Waals surface area contributed by atoms with E-state index in [0.717, 1.165) is 36.8 Å². The number of benzene rings is 2. The van der Waals surface area contributed by atoms with E-state index in [1.165, 1.54) is 6.07 Å². The minimum Gasteiger partial charge on any atom is -0.444 e. The van der Waals surface area contributed by atoms with Crippen molar-refractivity contribution in [1.82, 2.24) is 4.90 Å². The molecule has 2 fully saturated rings. The van der Waals surface area contributed by atoms with Crippen molar-refractivity contribution in [3.05, 3.63) is 59.9 Å². The fraction of sp³-hybridized carbons (Fsp3) is 0.480. The fourth-order valence-electron chi connectivity index (χ4n) is 4.67. The number of ether oxygens (including phenoxy) is 2. The van der Waals surface area contributed by atoms with E-state index < -0.39 is 5.60 Å². The third-order valence-electron chi connectivity index (χ3n) is 5.96. The molecule has 2 aliphatic rings. The summed E-state index contributed by atoms with van der Waals surface area (Å²) in [5.41, 5.74) is 1.94. The summed E-state index contributed by atoms with van der Waals surface area (Å²) in [7, 11) is 0. The van der Waals surface area contributed by atoms with Crippen LogP contribution in [0.2, 0.25) is 0 Å². The Bertz CT molecular complexity index is 879. The molecule has 2 saturated heterocycles. The Hall–Kier alpha value is -2.40. The van der Waals surface area contributed by atoms with Crippen molar-refractivity contribution in [2.45, 2.75) is 76.9 Å². The highest BCUT2D eigenvalue weighted by Gasteiger charge is 2.45. The molecule has 2 aromatic rings. The van der Waals surface area contributed by atoms with Crippen molar-refractivity contribution in [2.24, 2.45) is 0 Å². The van der Waals surface area contributed by atoms with Crippen LogP contribution in [0.15, 0.2) is 48.5 Å². The molecule has 2 heterocycles. The van der Waals surface area contributed by atoms with Crippen molar-refractivity contribution >= 4 is 6.09 Å². The molecule has 2 atom stereocenters. The predicted octanol–water partition coefficient (Wildman–Crippen LogP) is 5.94. The van der Waals surface area contributed by atoms with Gasteiger partial charge in [-0.25, -0.2) is 9.18 Å². The van der Waals surface area contributed by atoms with Crippen LogP contribution in [0.3, 0.4) is 0 Å². The van der Waals surface area contributed by atoms with E-state index in [1.807, 2.05) is 62.1 Å². The van der Waals surface area contributed by atoms with Gasteiger partial charge in [0.1, 0.15) is 11.4 Å². The molecule has 4 nitrogen and oxygen atoms in total. The molecule has 4 rings (SSSR count). The Morgan fingerprint density at radius 2 is 1.70 bits per heavy atom. The average molecular weight is 412 g/mol. The molecule has 30 heavy (non-hydrogen) atoms. The first-order chi connectivity index (χ1) is 14.3. The van der Waals surface area contributed by atoms with Crippen LogP contribution in [-0.2, 0) is 16.1 Å². The topological polar surface area (TPSA) is 38.8 Å². The number of rotatable bonds is 4. The minimum absolute atomic E-state index is 0.0180. The van der Waals surface area contributed by atoms with Gasteiger partial charge in [0.2, 0.25) is 0 Å². The lowest BCUT2D eigenvalue weighted by Crippen LogP contribution is -2.50. The molecule has 160 valence electrons. The lowest BCUT2D eigenvalue weighted by Gasteiger charge is -2.39. The molecule has 0 spiro atoms. The monoisotopic (exact) mass is 411 g/mol. The second kappa shape index (κ2) is 8.38. The quantitative estimate of drug-likeness (QED) is 0.625. The van der Waals surface area contributed by atoms with Gasteiger partial charge in [-0.1, -0.05) is 42.5 Å². The second-order valence-electron chi connectivity index (χ2n) is 9.31. The fourth-order valence-corrected chi connectivity index (χ4v) is 4.67. The highest BCUT2D eigenvalue weighted by molar-refractivity contribution is 5.70. The molecule has 5 heteroatoms. The Balaban J connectivity index is 1.43. The van der Waals surface area contributed by atoms with Crippen LogP contribution in [0.4, 0.5) is 9.18 Å². The molecule has 2 aliphatic heterocycles. The standard InChI is InChI=1S/C25H30FNO3/c1-25(2,3)30-24(28)27-18-12-13-19(27)15-20(14-18)29-16-22-21(10-7-11-23(22)26)17-8-5-4-6-9-17/h4-11,18-20H,12-16H2,1-3H3. The van der Waals surface area contributed by atoms with Crippen LogP contribution in [0, 0.1) is 5.82 Å². The summed E-state index contributed by atoms with van der Waals surface area (Å²) in [5.74, 6) is -0.245. The molecular weight excluding hydrogens is 381 g/mol. The molecule has 2 unspecified atom stereocenters. The Morgan fingerprint density at radius 1 is 1.03 bits per heavy atom. The highest BCUT2D eigenvalue weighted by atomic mass is 19.1. The van der Waals surface area contributed by atoms with E-state index in [1.54, 1.807) is 6.07 Å². The van der Waals surface area contributed by atoms with E-state index >= 15 is 0 Å². The molecule has 0 radical (unpaired) electrons. The second-order valence-corrected chi connectivity index (χ2v) is 9.31. The molecule has 0 saturated carbocycles. The zero-order valence-electron chi connectivity index (χ0n) is 17.9. The van der Waals surface area contributed by atoms with Crippen LogP contribution in [0.25, 0.3) is 11.1 Å². The maximum absolute atomic E-state index is 14.6. The van der Waals surface area contributed by atoms with Gasteiger partial charge in [0.15, 0.2) is 0 Å². The van der Waals surface area contributed by atoms with Gasteiger partial charge < -0.3 is 14.4 Å². The van der Waals surface area contributed by atoms with Gasteiger partial charge in [0, 0.05) is 17.6 Å². The zero-order chi connectivity index (χ0) is 21.3. The van der Waals surface area contributed by atoms with E-state index in [-0.39, 0.29) is 36.7 Å². The van der Waals surface area contributed by atoms with Gasteiger partial charge in [0.05, 0.1) is 12.7 Å². The number of carbonyl (C=O) groups is 1. The number of amides is 1. The normalized spacial score (nSPS) is 23.5. The number of fused-ring (bicyclic) bond motifs is 2. The molecule has 0 aliphatic carbocycles. The maximum Gasteiger partial charge on any atom is 0.410 e. The van der Waals surface area contributed by atoms with Crippen molar-refractivity contribution in [3.8, 4) is 11.1 Å². The summed E-state index contributed by atoms with van der Waals surface area (Å²) in [6.45, 7) is 5.90. The first kappa shape index (κ1) is 20.9. The highest BCUT2D eigenvalue weighted by Crippen LogP contribution is 2.38. The first-order valence-corrected chi connectivity index (χ1v) is 10.8. The summed E-state index contributed by atoms with van der Waals surface area (Å²) >= 11 is 0. The van der Waals surface area contributed by atoms with E-state index in [4.69, 9.17) is 9.47 Å². The van der Waals surface area contributed by atoms with Gasteiger partial charge in [-0.15, -0.1) is 0 Å². The molecule has 2 aromatic carbocycles. The maximum atomic E-state index is 14.6. The van der Waals surface area contributed by atoms with Crippen molar-refractivity contribution in [1.29, 1.82) is 0 Å². The number of carbonyl (C=O) groups excluding carboxylic acids is 1. The minimum atomic E-state index is -0.497. The number of hydrogen-bond donors (Lipinski definition) is 0. The largest absolute Gasteiger partial charge is 0.444 e. The van der Waals surface area contributed by atoms with Gasteiger partial charge in [-0.3, -0.25) is 0 Å². The SMILES string of the molecule is CC(C)(C)OC(=O)N1C2CCC1CC(OCc1c(F)cccc1-c1ccccc1)C2. The van der Waals surface area contributed by atoms with Crippen LogP contribution >= 0.6 is 0 Å². The van der Waals surface area contributed by atoms with Crippen molar-refractivity contribution in [2.75, 3.05) is 0 Å². The van der Waals surface area contributed by atoms with E-state index in [9.17, 15) is 9.18 Å². The van der Waals surface area contributed by atoms with E-state index in [2.05, 4.69) is 0 Å². The molecule has 0 aromatic heterocycles. The van der Waals surface area contributed by atoms with Crippen molar-refractivity contribution in [3.63, 3.8) is 0 Å². The Morgan fingerprint density at radius 3 is 2.33 bits per heavy atom. The summed E-state index contributed by atoms with van der Waals surface area (Å²) < 4.78 is 26.4. The van der Waals surface area contributed by atoms with Crippen LogP contribution < -0.4 is 0 Å². The van der Waals surface area contributed by atoms with Crippen LogP contribution in [0.5, 0.6) is 0 Å². The molecule has 2 bridgehead atoms. The summed E-state index contributed by atoms with van der Waals surface area (Å²) in [6, 6.07) is 15.3. The molecule has 1 amide bonds. The third kappa shape index (κ3) is 4.51. The number of hydrogen-bond acceptors (Lipinski definition) is 3. The van der Waals surface area contributed by atoms with Gasteiger partial charge in [0.25, 0.3) is 0 Å². The molecular formula is C25H30FNO3. The zero-order valence-corrected chi connectivity index (χ0v) is 17.9. The Kier molecular flexibility index (Phi) is 5.83. The predicted molar refractivity (Wildman–Crippen MR) is 115 cm³/mol. The third-order valence-corrected chi connectivity index (χ3v) is 5.96. The first-order valence-electron chi connectivity index (χ1n) is 10.8.